The highest BCUT2D eigenvalue weighted by atomic mass is 35.5. The molecule has 0 spiro atoms. The van der Waals surface area contributed by atoms with Crippen molar-refractivity contribution in [2.24, 2.45) is 5.73 Å². The summed E-state index contributed by atoms with van der Waals surface area (Å²) in [6, 6.07) is 5.84. The molecule has 7 nitrogen and oxygen atoms in total. The van der Waals surface area contributed by atoms with Gasteiger partial charge in [-0.05, 0) is 37.5 Å². The molecular weight excluding hydrogens is 376 g/mol. The van der Waals surface area contributed by atoms with Gasteiger partial charge < -0.3 is 19.7 Å². The van der Waals surface area contributed by atoms with E-state index in [1.165, 1.54) is 0 Å². The predicted molar refractivity (Wildman–Crippen MR) is 97.7 cm³/mol. The number of thiazole rings is 1. The number of hydrogen-bond donors (Lipinski definition) is 1. The van der Waals surface area contributed by atoms with Gasteiger partial charge in [0.15, 0.2) is 17.3 Å². The molecule has 1 fully saturated rings. The van der Waals surface area contributed by atoms with Crippen LogP contribution in [0.2, 0.25) is 0 Å². The number of nitrogens with zero attached hydrogens (tertiary/aromatic N) is 3. The van der Waals surface area contributed by atoms with Crippen LogP contribution in [0, 0.1) is 0 Å². The Morgan fingerprint density at radius 3 is 2.81 bits per heavy atom. The normalized spacial score (nSPS) is 16.8. The standard InChI is InChI=1S/C17H16N4O3S.ClH/c18-17(4-1-5-17)16-20-14(24-21-16)7-11-8-25-15(19-11)10-2-3-12-13(6-10)23-9-22-12;/h2-3,6,8H,1,4-5,7,9,18H2;1H. The molecule has 0 saturated heterocycles. The minimum atomic E-state index is -0.401. The molecule has 1 aliphatic heterocycles. The Kier molecular flexibility index (Phi) is 4.34. The van der Waals surface area contributed by atoms with E-state index in [0.29, 0.717) is 18.1 Å². The Labute approximate surface area is 159 Å². The van der Waals surface area contributed by atoms with Crippen molar-refractivity contribution in [3.63, 3.8) is 0 Å². The fourth-order valence-electron chi connectivity index (χ4n) is 3.02. The van der Waals surface area contributed by atoms with Crippen LogP contribution in [0.5, 0.6) is 11.5 Å². The summed E-state index contributed by atoms with van der Waals surface area (Å²) in [5, 5.41) is 6.97. The summed E-state index contributed by atoms with van der Waals surface area (Å²) in [6.07, 6.45) is 3.45. The number of aromatic nitrogens is 3. The summed E-state index contributed by atoms with van der Waals surface area (Å²) in [6.45, 7) is 0.268. The van der Waals surface area contributed by atoms with Crippen LogP contribution in [0.1, 0.15) is 36.7 Å². The maximum atomic E-state index is 6.23. The third-order valence-electron chi connectivity index (χ3n) is 4.66. The summed E-state index contributed by atoms with van der Waals surface area (Å²) in [7, 11) is 0. The van der Waals surface area contributed by atoms with Gasteiger partial charge in [0.25, 0.3) is 0 Å². The van der Waals surface area contributed by atoms with E-state index in [1.54, 1.807) is 11.3 Å². The quantitative estimate of drug-likeness (QED) is 0.727. The molecular formula is C17H17ClN4O3S. The molecule has 2 aliphatic rings. The van der Waals surface area contributed by atoms with Gasteiger partial charge in [0.1, 0.15) is 5.01 Å². The van der Waals surface area contributed by atoms with Crippen LogP contribution in [-0.2, 0) is 12.0 Å². The highest BCUT2D eigenvalue weighted by molar-refractivity contribution is 7.13. The third-order valence-corrected chi connectivity index (χ3v) is 5.60. The van der Waals surface area contributed by atoms with Crippen LogP contribution in [-0.4, -0.2) is 21.9 Å². The first-order valence-corrected chi connectivity index (χ1v) is 9.04. The van der Waals surface area contributed by atoms with Crippen molar-refractivity contribution in [2.45, 2.75) is 31.2 Å². The fourth-order valence-corrected chi connectivity index (χ4v) is 3.83. The van der Waals surface area contributed by atoms with Crippen LogP contribution >= 0.6 is 23.7 Å². The van der Waals surface area contributed by atoms with Gasteiger partial charge in [-0.25, -0.2) is 4.98 Å². The Balaban J connectivity index is 0.00000168. The second-order valence-corrected chi connectivity index (χ2v) is 7.27. The molecule has 1 aromatic carbocycles. The van der Waals surface area contributed by atoms with Crippen molar-refractivity contribution in [3.05, 3.63) is 41.0 Å². The first-order chi connectivity index (χ1) is 12.2. The van der Waals surface area contributed by atoms with E-state index in [9.17, 15) is 0 Å². The lowest BCUT2D eigenvalue weighted by Gasteiger charge is -2.34. The molecule has 9 heteroatoms. The molecule has 0 unspecified atom stereocenters. The first-order valence-electron chi connectivity index (χ1n) is 8.16. The SMILES string of the molecule is Cl.NC1(c2noc(Cc3csc(-c4ccc5c(c4)OCO5)n3)n2)CCC1. The predicted octanol–water partition coefficient (Wildman–Crippen LogP) is 3.27. The molecule has 1 aliphatic carbocycles. The highest BCUT2D eigenvalue weighted by Crippen LogP contribution is 2.38. The van der Waals surface area contributed by atoms with E-state index in [-0.39, 0.29) is 19.2 Å². The first kappa shape index (κ1) is 17.3. The van der Waals surface area contributed by atoms with E-state index in [2.05, 4.69) is 15.1 Å². The van der Waals surface area contributed by atoms with Crippen molar-refractivity contribution in [2.75, 3.05) is 6.79 Å². The number of rotatable bonds is 4. The third kappa shape index (κ3) is 2.94. The highest BCUT2D eigenvalue weighted by Gasteiger charge is 2.39. The molecule has 1 saturated carbocycles. The summed E-state index contributed by atoms with van der Waals surface area (Å²) < 4.78 is 16.1. The van der Waals surface area contributed by atoms with Crippen molar-refractivity contribution in [1.29, 1.82) is 0 Å². The smallest absolute Gasteiger partial charge is 0.232 e. The summed E-state index contributed by atoms with van der Waals surface area (Å²) in [5.41, 5.74) is 7.73. The average molecular weight is 393 g/mol. The van der Waals surface area contributed by atoms with Gasteiger partial charge in [0, 0.05) is 10.9 Å². The van der Waals surface area contributed by atoms with Gasteiger partial charge in [-0.1, -0.05) is 5.16 Å². The molecule has 0 radical (unpaired) electrons. The van der Waals surface area contributed by atoms with E-state index < -0.39 is 5.54 Å². The largest absolute Gasteiger partial charge is 0.454 e. The molecule has 26 heavy (non-hydrogen) atoms. The molecule has 3 heterocycles. The maximum absolute atomic E-state index is 6.23. The number of hydrogen-bond acceptors (Lipinski definition) is 8. The number of benzene rings is 1. The van der Waals surface area contributed by atoms with Gasteiger partial charge in [-0.2, -0.15) is 4.98 Å². The Morgan fingerprint density at radius 1 is 1.15 bits per heavy atom. The second-order valence-electron chi connectivity index (χ2n) is 6.41. The lowest BCUT2D eigenvalue weighted by Crippen LogP contribution is -2.44. The zero-order valence-corrected chi connectivity index (χ0v) is 15.4. The van der Waals surface area contributed by atoms with Crippen LogP contribution < -0.4 is 15.2 Å². The average Bonchev–Trinajstić information content (AvgIpc) is 3.32. The zero-order chi connectivity index (χ0) is 16.9. The number of halogens is 1. The molecule has 3 aromatic rings. The van der Waals surface area contributed by atoms with Gasteiger partial charge in [0.2, 0.25) is 12.7 Å². The van der Waals surface area contributed by atoms with Crippen molar-refractivity contribution >= 4 is 23.7 Å². The number of fused-ring (bicyclic) bond motifs is 1. The maximum Gasteiger partial charge on any atom is 0.232 e. The molecule has 0 amide bonds. The fraction of sp³-hybridized carbons (Fsp3) is 0.353. The zero-order valence-electron chi connectivity index (χ0n) is 13.8. The van der Waals surface area contributed by atoms with Gasteiger partial charge in [-0.3, -0.25) is 0 Å². The summed E-state index contributed by atoms with van der Waals surface area (Å²) in [5.74, 6) is 2.68. The van der Waals surface area contributed by atoms with Gasteiger partial charge >= 0.3 is 0 Å². The Hall–Kier alpha value is -2.16. The van der Waals surface area contributed by atoms with E-state index in [0.717, 1.165) is 47.0 Å². The lowest BCUT2D eigenvalue weighted by atomic mass is 9.77. The molecule has 136 valence electrons. The minimum absolute atomic E-state index is 0. The van der Waals surface area contributed by atoms with Crippen LogP contribution in [0.25, 0.3) is 10.6 Å². The number of ether oxygens (including phenoxy) is 2. The Bertz CT molecular complexity index is 938. The van der Waals surface area contributed by atoms with Gasteiger partial charge in [-0.15, -0.1) is 23.7 Å². The molecule has 2 N–H and O–H groups in total. The van der Waals surface area contributed by atoms with Gasteiger partial charge in [0.05, 0.1) is 17.7 Å². The minimum Gasteiger partial charge on any atom is -0.454 e. The van der Waals surface area contributed by atoms with Crippen LogP contribution in [0.15, 0.2) is 28.1 Å². The lowest BCUT2D eigenvalue weighted by molar-refractivity contribution is 0.174. The molecule has 5 rings (SSSR count). The van der Waals surface area contributed by atoms with Crippen molar-refractivity contribution < 1.29 is 14.0 Å². The topological polar surface area (TPSA) is 96.3 Å². The van der Waals surface area contributed by atoms with Crippen molar-refractivity contribution in [3.8, 4) is 22.1 Å². The monoisotopic (exact) mass is 392 g/mol. The second kappa shape index (κ2) is 6.53. The van der Waals surface area contributed by atoms with Crippen molar-refractivity contribution in [1.82, 2.24) is 15.1 Å². The Morgan fingerprint density at radius 2 is 2.00 bits per heavy atom. The van der Waals surface area contributed by atoms with E-state index >= 15 is 0 Å². The molecule has 0 atom stereocenters. The van der Waals surface area contributed by atoms with Crippen LogP contribution in [0.4, 0.5) is 0 Å². The summed E-state index contributed by atoms with van der Waals surface area (Å²) >= 11 is 1.57. The van der Waals surface area contributed by atoms with E-state index in [1.807, 2.05) is 23.6 Å². The van der Waals surface area contributed by atoms with E-state index in [4.69, 9.17) is 19.7 Å². The number of nitrogens with two attached hydrogens (primary N) is 1. The summed E-state index contributed by atoms with van der Waals surface area (Å²) in [4.78, 5) is 9.12. The molecule has 2 aromatic heterocycles. The molecule has 0 bridgehead atoms. The van der Waals surface area contributed by atoms with Crippen LogP contribution in [0.3, 0.4) is 0 Å².